The van der Waals surface area contributed by atoms with Gasteiger partial charge >= 0.3 is 0 Å². The van der Waals surface area contributed by atoms with E-state index in [-0.39, 0.29) is 10.8 Å². The zero-order valence-corrected chi connectivity index (χ0v) is 12.1. The van der Waals surface area contributed by atoms with Crippen LogP contribution in [-0.2, 0) is 0 Å². The van der Waals surface area contributed by atoms with Gasteiger partial charge < -0.3 is 5.11 Å². The van der Waals surface area contributed by atoms with Crippen molar-refractivity contribution < 1.29 is 5.11 Å². The van der Waals surface area contributed by atoms with Crippen molar-refractivity contribution in [2.24, 2.45) is 4.99 Å². The van der Waals surface area contributed by atoms with E-state index in [2.05, 4.69) is 4.99 Å². The highest BCUT2D eigenvalue weighted by Crippen LogP contribution is 2.30. The molecule has 1 N–H and O–H groups in total. The second kappa shape index (κ2) is 5.64. The topological polar surface area (TPSA) is 32.6 Å². The molecule has 4 heteroatoms. The zero-order chi connectivity index (χ0) is 14.0. The van der Waals surface area contributed by atoms with Crippen LogP contribution in [0.5, 0.6) is 5.75 Å². The molecular formula is C15H13Cl2NO. The van der Waals surface area contributed by atoms with Crippen LogP contribution in [-0.4, -0.2) is 11.3 Å². The maximum Gasteiger partial charge on any atom is 0.143 e. The Labute approximate surface area is 122 Å². The van der Waals surface area contributed by atoms with Crippen LogP contribution < -0.4 is 0 Å². The summed E-state index contributed by atoms with van der Waals surface area (Å²) < 4.78 is 0. The molecule has 0 radical (unpaired) electrons. The molecule has 0 aliphatic heterocycles. The Morgan fingerprint density at radius 2 is 1.84 bits per heavy atom. The van der Waals surface area contributed by atoms with Gasteiger partial charge in [0.1, 0.15) is 5.75 Å². The van der Waals surface area contributed by atoms with Crippen molar-refractivity contribution in [1.82, 2.24) is 0 Å². The van der Waals surface area contributed by atoms with E-state index in [0.717, 1.165) is 16.8 Å². The highest BCUT2D eigenvalue weighted by atomic mass is 35.5. The van der Waals surface area contributed by atoms with E-state index in [9.17, 15) is 5.11 Å². The molecular weight excluding hydrogens is 281 g/mol. The van der Waals surface area contributed by atoms with Gasteiger partial charge in [-0.1, -0.05) is 35.3 Å². The Morgan fingerprint density at radius 3 is 2.58 bits per heavy atom. The van der Waals surface area contributed by atoms with Crippen molar-refractivity contribution in [3.8, 4) is 5.75 Å². The Morgan fingerprint density at radius 1 is 1.11 bits per heavy atom. The quantitative estimate of drug-likeness (QED) is 0.771. The van der Waals surface area contributed by atoms with E-state index in [4.69, 9.17) is 23.2 Å². The van der Waals surface area contributed by atoms with Crippen LogP contribution >= 0.6 is 23.2 Å². The number of aryl methyl sites for hydroxylation is 2. The molecule has 0 saturated heterocycles. The first-order valence-corrected chi connectivity index (χ1v) is 6.52. The standard InChI is InChI=1S/C15H13Cl2NO/c1-9-3-4-10(2)14(5-9)18-8-11-6-12(16)7-13(17)15(11)19/h3-8,19H,1-2H3. The van der Waals surface area contributed by atoms with Gasteiger partial charge in [0.05, 0.1) is 10.7 Å². The summed E-state index contributed by atoms with van der Waals surface area (Å²) in [6.45, 7) is 3.99. The number of aliphatic imine (C=N–C) groups is 1. The van der Waals surface area contributed by atoms with Crippen LogP contribution in [0.1, 0.15) is 16.7 Å². The summed E-state index contributed by atoms with van der Waals surface area (Å²) in [4.78, 5) is 4.38. The lowest BCUT2D eigenvalue weighted by molar-refractivity contribution is 0.475. The third-order valence-corrected chi connectivity index (χ3v) is 3.27. The van der Waals surface area contributed by atoms with Crippen LogP contribution in [0.4, 0.5) is 5.69 Å². The largest absolute Gasteiger partial charge is 0.506 e. The molecule has 0 aliphatic carbocycles. The number of phenolic OH excluding ortho intramolecular Hbond substituents is 1. The Kier molecular flexibility index (Phi) is 4.13. The summed E-state index contributed by atoms with van der Waals surface area (Å²) in [6, 6.07) is 9.13. The van der Waals surface area contributed by atoms with Gasteiger partial charge in [0.25, 0.3) is 0 Å². The minimum Gasteiger partial charge on any atom is -0.506 e. The number of halogens is 2. The third kappa shape index (κ3) is 3.28. The van der Waals surface area contributed by atoms with Crippen LogP contribution in [0.2, 0.25) is 10.0 Å². The minimum atomic E-state index is -0.0138. The molecule has 0 fully saturated rings. The molecule has 0 bridgehead atoms. The maximum atomic E-state index is 9.84. The van der Waals surface area contributed by atoms with E-state index in [1.54, 1.807) is 12.3 Å². The zero-order valence-electron chi connectivity index (χ0n) is 10.6. The number of hydrogen-bond donors (Lipinski definition) is 1. The molecule has 0 spiro atoms. The summed E-state index contributed by atoms with van der Waals surface area (Å²) in [5, 5.41) is 10.5. The minimum absolute atomic E-state index is 0.0138. The number of aromatic hydroxyl groups is 1. The fourth-order valence-electron chi connectivity index (χ4n) is 1.68. The highest BCUT2D eigenvalue weighted by molar-refractivity contribution is 6.36. The van der Waals surface area contributed by atoms with E-state index >= 15 is 0 Å². The molecule has 0 heterocycles. The first kappa shape index (κ1) is 13.9. The molecule has 0 aromatic heterocycles. The molecule has 2 nitrogen and oxygen atoms in total. The summed E-state index contributed by atoms with van der Waals surface area (Å²) in [7, 11) is 0. The van der Waals surface area contributed by atoms with E-state index in [1.165, 1.54) is 6.07 Å². The molecule has 19 heavy (non-hydrogen) atoms. The smallest absolute Gasteiger partial charge is 0.143 e. The molecule has 2 aromatic carbocycles. The number of nitrogens with zero attached hydrogens (tertiary/aromatic N) is 1. The monoisotopic (exact) mass is 293 g/mol. The van der Waals surface area contributed by atoms with Crippen LogP contribution in [0.3, 0.4) is 0 Å². The lowest BCUT2D eigenvalue weighted by Crippen LogP contribution is -1.85. The Bertz CT molecular complexity index is 651. The second-order valence-electron chi connectivity index (χ2n) is 4.37. The van der Waals surface area contributed by atoms with Gasteiger partial charge in [0, 0.05) is 16.8 Å². The third-order valence-electron chi connectivity index (χ3n) is 2.77. The summed E-state index contributed by atoms with van der Waals surface area (Å²) in [6.07, 6.45) is 1.56. The lowest BCUT2D eigenvalue weighted by Gasteiger charge is -2.04. The van der Waals surface area contributed by atoms with Crippen molar-refractivity contribution in [2.75, 3.05) is 0 Å². The van der Waals surface area contributed by atoms with Gasteiger partial charge in [0.15, 0.2) is 0 Å². The highest BCUT2D eigenvalue weighted by Gasteiger charge is 2.06. The normalized spacial score (nSPS) is 11.2. The number of phenols is 1. The van der Waals surface area contributed by atoms with Gasteiger partial charge in [-0.2, -0.15) is 0 Å². The van der Waals surface area contributed by atoms with Crippen molar-refractivity contribution in [3.05, 3.63) is 57.1 Å². The first-order valence-electron chi connectivity index (χ1n) is 5.76. The van der Waals surface area contributed by atoms with Gasteiger partial charge in [-0.15, -0.1) is 0 Å². The van der Waals surface area contributed by atoms with Crippen molar-refractivity contribution in [3.63, 3.8) is 0 Å². The molecule has 98 valence electrons. The Balaban J connectivity index is 2.40. The van der Waals surface area contributed by atoms with Crippen molar-refractivity contribution >= 4 is 35.1 Å². The van der Waals surface area contributed by atoms with E-state index < -0.39 is 0 Å². The van der Waals surface area contributed by atoms with Gasteiger partial charge in [-0.3, -0.25) is 4.99 Å². The van der Waals surface area contributed by atoms with Crippen LogP contribution in [0, 0.1) is 13.8 Å². The molecule has 0 aliphatic rings. The fourth-order valence-corrected chi connectivity index (χ4v) is 2.19. The van der Waals surface area contributed by atoms with Gasteiger partial charge in [-0.25, -0.2) is 0 Å². The van der Waals surface area contributed by atoms with Crippen molar-refractivity contribution in [1.29, 1.82) is 0 Å². The number of hydrogen-bond acceptors (Lipinski definition) is 2. The molecule has 2 rings (SSSR count). The lowest BCUT2D eigenvalue weighted by atomic mass is 10.1. The molecule has 0 unspecified atom stereocenters. The van der Waals surface area contributed by atoms with Crippen molar-refractivity contribution in [2.45, 2.75) is 13.8 Å². The number of rotatable bonds is 2. The van der Waals surface area contributed by atoms with Crippen LogP contribution in [0.15, 0.2) is 35.3 Å². The van der Waals surface area contributed by atoms with Gasteiger partial charge in [-0.05, 0) is 43.2 Å². The average Bonchev–Trinajstić information content (AvgIpc) is 2.35. The summed E-state index contributed by atoms with van der Waals surface area (Å²) >= 11 is 11.8. The predicted octanol–water partition coefficient (Wildman–Crippen LogP) is 5.07. The number of benzene rings is 2. The van der Waals surface area contributed by atoms with E-state index in [1.807, 2.05) is 32.0 Å². The van der Waals surface area contributed by atoms with Gasteiger partial charge in [0.2, 0.25) is 0 Å². The molecule has 2 aromatic rings. The predicted molar refractivity (Wildman–Crippen MR) is 81.3 cm³/mol. The summed E-state index contributed by atoms with van der Waals surface area (Å²) in [5.41, 5.74) is 3.55. The average molecular weight is 294 g/mol. The molecule has 0 amide bonds. The Hall–Kier alpha value is -1.51. The van der Waals surface area contributed by atoms with E-state index in [0.29, 0.717) is 10.6 Å². The second-order valence-corrected chi connectivity index (χ2v) is 5.22. The first-order chi connectivity index (χ1) is 8.97. The SMILES string of the molecule is Cc1ccc(C)c(N=Cc2cc(Cl)cc(Cl)c2O)c1. The maximum absolute atomic E-state index is 9.84. The van der Waals surface area contributed by atoms with Crippen LogP contribution in [0.25, 0.3) is 0 Å². The summed E-state index contributed by atoms with van der Waals surface area (Å²) in [5.74, 6) is -0.0138. The molecule has 0 saturated carbocycles. The molecule has 0 atom stereocenters. The fraction of sp³-hybridized carbons (Fsp3) is 0.133.